The third kappa shape index (κ3) is 2.86. The van der Waals surface area contributed by atoms with Crippen molar-refractivity contribution in [1.29, 1.82) is 0 Å². The average Bonchev–Trinajstić information content (AvgIpc) is 2.91. The minimum absolute atomic E-state index is 0.00995. The molecule has 0 aliphatic rings. The number of rotatable bonds is 4. The highest BCUT2D eigenvalue weighted by atomic mass is 35.5. The molecule has 0 fully saturated rings. The van der Waals surface area contributed by atoms with Gasteiger partial charge < -0.3 is 9.52 Å². The number of ketones is 1. The van der Waals surface area contributed by atoms with Gasteiger partial charge in [0.1, 0.15) is 5.76 Å². The van der Waals surface area contributed by atoms with Gasteiger partial charge in [-0.2, -0.15) is 0 Å². The first-order valence-electron chi connectivity index (χ1n) is 5.42. The van der Waals surface area contributed by atoms with E-state index in [4.69, 9.17) is 16.0 Å². The summed E-state index contributed by atoms with van der Waals surface area (Å²) in [4.78, 5) is 21.8. The number of aromatic hydroxyl groups is 1. The average molecular weight is 294 g/mol. The molecule has 7 heteroatoms. The standard InChI is InChI=1S/C13H8ClNO5/c14-8-6-10(13(17)11(7-8)15(18)19)12(16)4-3-9-2-1-5-20-9/h1-7,17H. The lowest BCUT2D eigenvalue weighted by molar-refractivity contribution is -0.385. The number of nitro benzene ring substituents is 1. The van der Waals surface area contributed by atoms with E-state index in [2.05, 4.69) is 0 Å². The van der Waals surface area contributed by atoms with Gasteiger partial charge in [-0.1, -0.05) is 11.6 Å². The number of phenols is 1. The van der Waals surface area contributed by atoms with Crippen LogP contribution in [0, 0.1) is 10.1 Å². The highest BCUT2D eigenvalue weighted by Crippen LogP contribution is 2.33. The van der Waals surface area contributed by atoms with Crippen LogP contribution in [0.5, 0.6) is 5.75 Å². The highest BCUT2D eigenvalue weighted by Gasteiger charge is 2.21. The normalized spacial score (nSPS) is 10.8. The summed E-state index contributed by atoms with van der Waals surface area (Å²) in [6.45, 7) is 0. The van der Waals surface area contributed by atoms with Gasteiger partial charge in [-0.25, -0.2) is 0 Å². The number of nitro groups is 1. The van der Waals surface area contributed by atoms with E-state index >= 15 is 0 Å². The van der Waals surface area contributed by atoms with Crippen molar-refractivity contribution in [3.8, 4) is 5.75 Å². The number of carbonyl (C=O) groups is 1. The number of hydrogen-bond donors (Lipinski definition) is 1. The molecular weight excluding hydrogens is 286 g/mol. The maximum Gasteiger partial charge on any atom is 0.312 e. The Balaban J connectivity index is 2.37. The van der Waals surface area contributed by atoms with Crippen molar-refractivity contribution in [3.05, 3.63) is 63.1 Å². The molecule has 0 radical (unpaired) electrons. The van der Waals surface area contributed by atoms with E-state index in [1.807, 2.05) is 0 Å². The summed E-state index contributed by atoms with van der Waals surface area (Å²) < 4.78 is 5.00. The zero-order valence-electron chi connectivity index (χ0n) is 9.95. The number of nitrogens with zero attached hydrogens (tertiary/aromatic N) is 1. The van der Waals surface area contributed by atoms with E-state index in [9.17, 15) is 20.0 Å². The minimum Gasteiger partial charge on any atom is -0.502 e. The fraction of sp³-hybridized carbons (Fsp3) is 0. The number of benzene rings is 1. The Hall–Kier alpha value is -2.60. The van der Waals surface area contributed by atoms with Gasteiger partial charge in [0.2, 0.25) is 5.75 Å². The van der Waals surface area contributed by atoms with Crippen molar-refractivity contribution in [2.75, 3.05) is 0 Å². The quantitative estimate of drug-likeness (QED) is 0.403. The zero-order valence-corrected chi connectivity index (χ0v) is 10.7. The van der Waals surface area contributed by atoms with Crippen molar-refractivity contribution < 1.29 is 19.2 Å². The molecule has 0 unspecified atom stereocenters. The van der Waals surface area contributed by atoms with Crippen molar-refractivity contribution in [2.24, 2.45) is 0 Å². The third-order valence-electron chi connectivity index (χ3n) is 2.46. The van der Waals surface area contributed by atoms with E-state index in [-0.39, 0.29) is 10.6 Å². The molecule has 1 heterocycles. The number of hydrogen-bond acceptors (Lipinski definition) is 5. The molecule has 1 aromatic carbocycles. The van der Waals surface area contributed by atoms with Gasteiger partial charge in [-0.15, -0.1) is 0 Å². The molecule has 2 aromatic rings. The van der Waals surface area contributed by atoms with E-state index in [0.29, 0.717) is 5.76 Å². The summed E-state index contributed by atoms with van der Waals surface area (Å²) in [5.74, 6) is -0.896. The molecule has 0 saturated heterocycles. The summed E-state index contributed by atoms with van der Waals surface area (Å²) in [6.07, 6.45) is 3.95. The molecule has 20 heavy (non-hydrogen) atoms. The molecule has 6 nitrogen and oxygen atoms in total. The maximum atomic E-state index is 11.9. The second kappa shape index (κ2) is 5.58. The molecular formula is C13H8ClNO5. The lowest BCUT2D eigenvalue weighted by Crippen LogP contribution is -1.98. The van der Waals surface area contributed by atoms with Crippen molar-refractivity contribution in [3.63, 3.8) is 0 Å². The molecule has 0 aliphatic carbocycles. The van der Waals surface area contributed by atoms with Gasteiger partial charge in [0, 0.05) is 11.1 Å². The van der Waals surface area contributed by atoms with Crippen LogP contribution in [-0.4, -0.2) is 15.8 Å². The smallest absolute Gasteiger partial charge is 0.312 e. The van der Waals surface area contributed by atoms with Crippen molar-refractivity contribution >= 4 is 29.1 Å². The first-order chi connectivity index (χ1) is 9.49. The Labute approximate surface area is 118 Å². The molecule has 0 saturated carbocycles. The highest BCUT2D eigenvalue weighted by molar-refractivity contribution is 6.31. The lowest BCUT2D eigenvalue weighted by Gasteiger charge is -2.02. The van der Waals surface area contributed by atoms with Gasteiger partial charge in [-0.05, 0) is 30.4 Å². The van der Waals surface area contributed by atoms with Gasteiger partial charge in [0.25, 0.3) is 0 Å². The Bertz CT molecular complexity index is 691. The number of carbonyl (C=O) groups excluding carboxylic acids is 1. The molecule has 0 atom stereocenters. The van der Waals surface area contributed by atoms with E-state index < -0.39 is 22.1 Å². The fourth-order valence-electron chi connectivity index (χ4n) is 1.55. The van der Waals surface area contributed by atoms with Gasteiger partial charge in [0.15, 0.2) is 5.78 Å². The first-order valence-corrected chi connectivity index (χ1v) is 5.79. The Morgan fingerprint density at radius 3 is 2.80 bits per heavy atom. The summed E-state index contributed by atoms with van der Waals surface area (Å²) in [6, 6.07) is 5.42. The molecule has 1 N–H and O–H groups in total. The van der Waals surface area contributed by atoms with Crippen LogP contribution in [-0.2, 0) is 0 Å². The summed E-state index contributed by atoms with van der Waals surface area (Å²) in [5.41, 5.74) is -0.862. The largest absolute Gasteiger partial charge is 0.502 e. The number of halogens is 1. The van der Waals surface area contributed by atoms with Crippen LogP contribution < -0.4 is 0 Å². The molecule has 0 aliphatic heterocycles. The Morgan fingerprint density at radius 2 is 2.20 bits per heavy atom. The van der Waals surface area contributed by atoms with E-state index in [0.717, 1.165) is 12.1 Å². The van der Waals surface area contributed by atoms with Crippen LogP contribution in [0.25, 0.3) is 6.08 Å². The second-order valence-electron chi connectivity index (χ2n) is 3.79. The molecule has 0 bridgehead atoms. The predicted octanol–water partition coefficient (Wildman–Crippen LogP) is 3.44. The molecule has 2 rings (SSSR count). The van der Waals surface area contributed by atoms with Crippen LogP contribution in [0.15, 0.2) is 41.0 Å². The number of furan rings is 1. The topological polar surface area (TPSA) is 93.6 Å². The maximum absolute atomic E-state index is 11.9. The van der Waals surface area contributed by atoms with Gasteiger partial charge in [-0.3, -0.25) is 14.9 Å². The Morgan fingerprint density at radius 1 is 1.45 bits per heavy atom. The van der Waals surface area contributed by atoms with Crippen molar-refractivity contribution in [1.82, 2.24) is 0 Å². The third-order valence-corrected chi connectivity index (χ3v) is 2.68. The molecule has 102 valence electrons. The fourth-order valence-corrected chi connectivity index (χ4v) is 1.76. The molecule has 0 spiro atoms. The van der Waals surface area contributed by atoms with E-state index in [1.54, 1.807) is 12.1 Å². The molecule has 0 amide bonds. The van der Waals surface area contributed by atoms with Gasteiger partial charge in [0.05, 0.1) is 16.7 Å². The predicted molar refractivity (Wildman–Crippen MR) is 71.8 cm³/mol. The summed E-state index contributed by atoms with van der Waals surface area (Å²) in [5, 5.41) is 20.5. The summed E-state index contributed by atoms with van der Waals surface area (Å²) >= 11 is 5.70. The van der Waals surface area contributed by atoms with Crippen LogP contribution in [0.3, 0.4) is 0 Å². The lowest BCUT2D eigenvalue weighted by atomic mass is 10.1. The van der Waals surface area contributed by atoms with Crippen LogP contribution >= 0.6 is 11.6 Å². The SMILES string of the molecule is O=C(C=Cc1ccco1)c1cc(Cl)cc([N+](=O)[O-])c1O. The van der Waals surface area contributed by atoms with Crippen LogP contribution in [0.4, 0.5) is 5.69 Å². The van der Waals surface area contributed by atoms with Crippen molar-refractivity contribution in [2.45, 2.75) is 0 Å². The number of phenolic OH excluding ortho intramolecular Hbond substituents is 1. The zero-order chi connectivity index (χ0) is 14.7. The minimum atomic E-state index is -0.811. The Kier molecular flexibility index (Phi) is 3.86. The van der Waals surface area contributed by atoms with E-state index in [1.165, 1.54) is 18.4 Å². The van der Waals surface area contributed by atoms with Crippen LogP contribution in [0.1, 0.15) is 16.1 Å². The summed E-state index contributed by atoms with van der Waals surface area (Å²) in [7, 11) is 0. The molecule has 1 aromatic heterocycles. The van der Waals surface area contributed by atoms with Gasteiger partial charge >= 0.3 is 5.69 Å². The van der Waals surface area contributed by atoms with Crippen LogP contribution in [0.2, 0.25) is 5.02 Å². The number of allylic oxidation sites excluding steroid dienone is 1. The monoisotopic (exact) mass is 293 g/mol. The first kappa shape index (κ1) is 13.8. The second-order valence-corrected chi connectivity index (χ2v) is 4.23.